The predicted octanol–water partition coefficient (Wildman–Crippen LogP) is 1.34. The first kappa shape index (κ1) is 7.56. The molecule has 0 bridgehead atoms. The van der Waals surface area contributed by atoms with Crippen molar-refractivity contribution in [1.29, 1.82) is 0 Å². The molecule has 46 valence electrons. The Kier molecular flexibility index (Phi) is 3.35. The van der Waals surface area contributed by atoms with Gasteiger partial charge in [0.05, 0.1) is 0 Å². The van der Waals surface area contributed by atoms with Crippen molar-refractivity contribution < 1.29 is 9.90 Å². The molecular formula is C5H8O2S. The zero-order valence-electron chi connectivity index (χ0n) is 4.84. The normalized spacial score (nSPS) is 11.5. The zero-order valence-corrected chi connectivity index (χ0v) is 5.66. The highest BCUT2D eigenvalue weighted by Gasteiger charge is 1.95. The van der Waals surface area contributed by atoms with Gasteiger partial charge in [0.15, 0.2) is 0 Å². The van der Waals surface area contributed by atoms with Crippen molar-refractivity contribution in [3.8, 4) is 0 Å². The summed E-state index contributed by atoms with van der Waals surface area (Å²) in [5, 5.41) is 9.83. The van der Waals surface area contributed by atoms with Crippen LogP contribution in [0.1, 0.15) is 6.92 Å². The first-order chi connectivity index (χ1) is 3.68. The Morgan fingerprint density at radius 2 is 2.25 bits per heavy atom. The lowest BCUT2D eigenvalue weighted by Crippen LogP contribution is -1.94. The topological polar surface area (TPSA) is 37.3 Å². The minimum atomic E-state index is -0.848. The van der Waals surface area contributed by atoms with Gasteiger partial charge in [-0.2, -0.15) is 0 Å². The Morgan fingerprint density at radius 3 is 2.38 bits per heavy atom. The van der Waals surface area contributed by atoms with Crippen LogP contribution >= 0.6 is 11.8 Å². The van der Waals surface area contributed by atoms with Crippen LogP contribution in [-0.2, 0) is 4.79 Å². The first-order valence-electron chi connectivity index (χ1n) is 2.11. The summed E-state index contributed by atoms with van der Waals surface area (Å²) in [6.45, 7) is 1.57. The fourth-order valence-electron chi connectivity index (χ4n) is 0.227. The van der Waals surface area contributed by atoms with E-state index in [1.165, 1.54) is 11.8 Å². The summed E-state index contributed by atoms with van der Waals surface area (Å²) in [5.41, 5.74) is 0.387. The van der Waals surface area contributed by atoms with Crippen molar-refractivity contribution in [3.63, 3.8) is 0 Å². The van der Waals surface area contributed by atoms with E-state index in [0.717, 1.165) is 0 Å². The number of thioether (sulfide) groups is 1. The van der Waals surface area contributed by atoms with E-state index in [9.17, 15) is 4.79 Å². The SMILES string of the molecule is CS/C=C(/C)C(=O)O. The number of hydrogen-bond donors (Lipinski definition) is 1. The molecule has 0 saturated heterocycles. The molecular weight excluding hydrogens is 124 g/mol. The van der Waals surface area contributed by atoms with E-state index in [1.54, 1.807) is 12.3 Å². The molecule has 0 aliphatic rings. The second-order valence-corrected chi connectivity index (χ2v) is 2.05. The van der Waals surface area contributed by atoms with Gasteiger partial charge in [0, 0.05) is 5.57 Å². The molecule has 0 aromatic rings. The highest BCUT2D eigenvalue weighted by atomic mass is 32.2. The molecule has 0 aromatic heterocycles. The number of carboxylic acids is 1. The van der Waals surface area contributed by atoms with Gasteiger partial charge in [-0.1, -0.05) is 0 Å². The minimum Gasteiger partial charge on any atom is -0.478 e. The minimum absolute atomic E-state index is 0.387. The highest BCUT2D eigenvalue weighted by Crippen LogP contribution is 2.00. The van der Waals surface area contributed by atoms with Crippen LogP contribution in [0.3, 0.4) is 0 Å². The number of aliphatic carboxylic acids is 1. The van der Waals surface area contributed by atoms with Crippen molar-refractivity contribution in [2.45, 2.75) is 6.92 Å². The molecule has 0 saturated carbocycles. The monoisotopic (exact) mass is 132 g/mol. The van der Waals surface area contributed by atoms with Crippen LogP contribution in [0.2, 0.25) is 0 Å². The molecule has 3 heteroatoms. The summed E-state index contributed by atoms with van der Waals surface area (Å²) in [5.74, 6) is -0.848. The van der Waals surface area contributed by atoms with Crippen molar-refractivity contribution in [2.75, 3.05) is 6.26 Å². The van der Waals surface area contributed by atoms with Gasteiger partial charge in [0.1, 0.15) is 0 Å². The van der Waals surface area contributed by atoms with E-state index >= 15 is 0 Å². The Balaban J connectivity index is 3.80. The summed E-state index contributed by atoms with van der Waals surface area (Å²) in [6.07, 6.45) is 1.83. The van der Waals surface area contributed by atoms with E-state index in [4.69, 9.17) is 5.11 Å². The third-order valence-corrected chi connectivity index (χ3v) is 1.22. The Morgan fingerprint density at radius 1 is 1.75 bits per heavy atom. The second-order valence-electron chi connectivity index (χ2n) is 1.34. The predicted molar refractivity (Wildman–Crippen MR) is 34.9 cm³/mol. The number of carboxylic acid groups (broad SMARTS) is 1. The van der Waals surface area contributed by atoms with Gasteiger partial charge in [0.2, 0.25) is 0 Å². The van der Waals surface area contributed by atoms with E-state index in [1.807, 2.05) is 6.26 Å². The molecule has 8 heavy (non-hydrogen) atoms. The maximum Gasteiger partial charge on any atom is 0.331 e. The van der Waals surface area contributed by atoms with Crippen molar-refractivity contribution in [3.05, 3.63) is 11.0 Å². The van der Waals surface area contributed by atoms with Gasteiger partial charge >= 0.3 is 5.97 Å². The third kappa shape index (κ3) is 2.69. The highest BCUT2D eigenvalue weighted by molar-refractivity contribution is 8.01. The van der Waals surface area contributed by atoms with E-state index in [2.05, 4.69) is 0 Å². The molecule has 0 radical (unpaired) electrons. The van der Waals surface area contributed by atoms with Crippen LogP contribution in [0, 0.1) is 0 Å². The Hall–Kier alpha value is -0.440. The summed E-state index contributed by atoms with van der Waals surface area (Å²) in [6, 6.07) is 0. The van der Waals surface area contributed by atoms with Crippen molar-refractivity contribution in [1.82, 2.24) is 0 Å². The van der Waals surface area contributed by atoms with Gasteiger partial charge in [-0.15, -0.1) is 11.8 Å². The smallest absolute Gasteiger partial charge is 0.331 e. The average molecular weight is 132 g/mol. The molecule has 0 aliphatic heterocycles. The number of hydrogen-bond acceptors (Lipinski definition) is 2. The van der Waals surface area contributed by atoms with Crippen LogP contribution in [-0.4, -0.2) is 17.3 Å². The average Bonchev–Trinajstić information content (AvgIpc) is 1.67. The van der Waals surface area contributed by atoms with Gasteiger partial charge < -0.3 is 5.11 Å². The quantitative estimate of drug-likeness (QED) is 0.576. The van der Waals surface area contributed by atoms with Crippen LogP contribution in [0.25, 0.3) is 0 Å². The molecule has 0 fully saturated rings. The van der Waals surface area contributed by atoms with Gasteiger partial charge in [0.25, 0.3) is 0 Å². The van der Waals surface area contributed by atoms with Gasteiger partial charge in [-0.05, 0) is 18.6 Å². The summed E-state index contributed by atoms with van der Waals surface area (Å²) in [7, 11) is 0. The lowest BCUT2D eigenvalue weighted by molar-refractivity contribution is -0.132. The molecule has 0 aliphatic carbocycles. The van der Waals surface area contributed by atoms with Crippen LogP contribution in [0.15, 0.2) is 11.0 Å². The maximum absolute atomic E-state index is 10.0. The zero-order chi connectivity index (χ0) is 6.57. The van der Waals surface area contributed by atoms with Gasteiger partial charge in [-0.3, -0.25) is 0 Å². The molecule has 0 spiro atoms. The molecule has 1 N–H and O–H groups in total. The number of rotatable bonds is 2. The molecule has 0 unspecified atom stereocenters. The van der Waals surface area contributed by atoms with Crippen LogP contribution in [0.4, 0.5) is 0 Å². The standard InChI is InChI=1S/C5H8O2S/c1-4(3-8-2)5(6)7/h3H,1-2H3,(H,6,7)/b4-3-. The van der Waals surface area contributed by atoms with E-state index < -0.39 is 5.97 Å². The molecule has 0 amide bonds. The van der Waals surface area contributed by atoms with Crippen molar-refractivity contribution >= 4 is 17.7 Å². The third-order valence-electron chi connectivity index (χ3n) is 0.632. The molecule has 0 atom stereocenters. The van der Waals surface area contributed by atoms with E-state index in [-0.39, 0.29) is 0 Å². The molecule has 0 heterocycles. The largest absolute Gasteiger partial charge is 0.478 e. The summed E-state index contributed by atoms with van der Waals surface area (Å²) in [4.78, 5) is 10.0. The summed E-state index contributed by atoms with van der Waals surface area (Å²) >= 11 is 1.40. The fourth-order valence-corrected chi connectivity index (χ4v) is 0.682. The van der Waals surface area contributed by atoms with Gasteiger partial charge in [-0.25, -0.2) is 4.79 Å². The lowest BCUT2D eigenvalue weighted by Gasteiger charge is -1.86. The fraction of sp³-hybridized carbons (Fsp3) is 0.400. The number of carbonyl (C=O) groups is 1. The lowest BCUT2D eigenvalue weighted by atomic mass is 10.4. The maximum atomic E-state index is 10.0. The molecule has 2 nitrogen and oxygen atoms in total. The van der Waals surface area contributed by atoms with E-state index in [0.29, 0.717) is 5.57 Å². The Bertz CT molecular complexity index is 118. The first-order valence-corrected chi connectivity index (χ1v) is 3.40. The van der Waals surface area contributed by atoms with Crippen LogP contribution < -0.4 is 0 Å². The second kappa shape index (κ2) is 3.55. The Labute approximate surface area is 52.6 Å². The molecule has 0 aromatic carbocycles. The summed E-state index contributed by atoms with van der Waals surface area (Å²) < 4.78 is 0. The molecule has 0 rings (SSSR count). The van der Waals surface area contributed by atoms with Crippen LogP contribution in [0.5, 0.6) is 0 Å². The van der Waals surface area contributed by atoms with Crippen molar-refractivity contribution in [2.24, 2.45) is 0 Å².